The van der Waals surface area contributed by atoms with E-state index < -0.39 is 32.4 Å². The quantitative estimate of drug-likeness (QED) is 0.591. The highest BCUT2D eigenvalue weighted by Crippen LogP contribution is 2.17. The van der Waals surface area contributed by atoms with E-state index in [0.29, 0.717) is 18.7 Å². The maximum atomic E-state index is 12.9. The average Bonchev–Trinajstić information content (AvgIpc) is 2.35. The highest BCUT2D eigenvalue weighted by molar-refractivity contribution is 7.89. The molecule has 9 heteroatoms. The summed E-state index contributed by atoms with van der Waals surface area (Å²) in [5.74, 6) is -4.77. The van der Waals surface area contributed by atoms with Crippen molar-refractivity contribution in [2.24, 2.45) is 0 Å². The maximum absolute atomic E-state index is 12.9. The molecule has 0 saturated heterocycles. The Morgan fingerprint density at radius 1 is 1.05 bits per heavy atom. The van der Waals surface area contributed by atoms with Crippen molar-refractivity contribution in [3.63, 3.8) is 0 Å². The summed E-state index contributed by atoms with van der Waals surface area (Å²) in [4.78, 5) is -0.639. The fourth-order valence-electron chi connectivity index (χ4n) is 1.35. The van der Waals surface area contributed by atoms with Crippen LogP contribution < -0.4 is 10.0 Å². The largest absolute Gasteiger partial charge is 0.315 e. The average molecular weight is 333 g/mol. The Bertz CT molecular complexity index is 517. The second-order valence-corrected chi connectivity index (χ2v) is 5.62. The summed E-state index contributed by atoms with van der Waals surface area (Å²) < 4.78 is 64.1. The molecule has 0 aliphatic rings. The Balaban J connectivity index is 0.00000361. The third kappa shape index (κ3) is 5.28. The molecule has 1 aromatic rings. The van der Waals surface area contributed by atoms with Crippen LogP contribution in [0, 0.1) is 17.5 Å². The molecule has 20 heavy (non-hydrogen) atoms. The summed E-state index contributed by atoms with van der Waals surface area (Å²) >= 11 is 0. The molecule has 0 spiro atoms. The van der Waals surface area contributed by atoms with E-state index >= 15 is 0 Å². The van der Waals surface area contributed by atoms with Gasteiger partial charge >= 0.3 is 0 Å². The van der Waals surface area contributed by atoms with E-state index in [9.17, 15) is 21.6 Å². The zero-order chi connectivity index (χ0) is 14.5. The molecular weight excluding hydrogens is 317 g/mol. The van der Waals surface area contributed by atoms with Gasteiger partial charge in [0.1, 0.15) is 0 Å². The van der Waals surface area contributed by atoms with Gasteiger partial charge in [-0.2, -0.15) is 0 Å². The van der Waals surface area contributed by atoms with E-state index in [0.717, 1.165) is 13.0 Å². The molecule has 1 aromatic carbocycles. The minimum absolute atomic E-state index is 0. The Morgan fingerprint density at radius 2 is 1.60 bits per heavy atom. The van der Waals surface area contributed by atoms with Crippen LogP contribution in [-0.2, 0) is 10.0 Å². The van der Waals surface area contributed by atoms with Crippen molar-refractivity contribution in [3.8, 4) is 0 Å². The molecule has 0 aliphatic heterocycles. The lowest BCUT2D eigenvalue weighted by molar-refractivity contribution is 0.442. The molecule has 116 valence electrons. The summed E-state index contributed by atoms with van der Waals surface area (Å²) in [7, 11) is -4.05. The first kappa shape index (κ1) is 19.2. The third-order valence-electron chi connectivity index (χ3n) is 2.29. The highest BCUT2D eigenvalue weighted by Gasteiger charge is 2.19. The molecular formula is C11H16ClF3N2O2S. The van der Waals surface area contributed by atoms with E-state index in [-0.39, 0.29) is 19.0 Å². The second kappa shape index (κ2) is 8.46. The van der Waals surface area contributed by atoms with E-state index in [4.69, 9.17) is 0 Å². The Morgan fingerprint density at radius 3 is 2.10 bits per heavy atom. The number of halogens is 4. The number of nitrogens with one attached hydrogen (secondary N) is 2. The normalized spacial score (nSPS) is 11.2. The standard InChI is InChI=1S/C11H15F3N2O2S.ClH/c1-2-3-15-4-5-16-19(17,18)8-6-9(12)11(14)10(13)7-8;/h6-7,15-16H,2-5H2,1H3;1H. The van der Waals surface area contributed by atoms with Gasteiger partial charge in [-0.25, -0.2) is 26.3 Å². The van der Waals surface area contributed by atoms with Crippen molar-refractivity contribution in [1.29, 1.82) is 0 Å². The molecule has 0 heterocycles. The lowest BCUT2D eigenvalue weighted by atomic mass is 10.3. The van der Waals surface area contributed by atoms with Gasteiger partial charge in [0.05, 0.1) is 4.90 Å². The third-order valence-corrected chi connectivity index (χ3v) is 3.73. The lowest BCUT2D eigenvalue weighted by Crippen LogP contribution is -2.32. The molecule has 0 fully saturated rings. The number of rotatable bonds is 7. The van der Waals surface area contributed by atoms with E-state index in [2.05, 4.69) is 10.0 Å². The minimum atomic E-state index is -4.05. The van der Waals surface area contributed by atoms with Gasteiger partial charge in [0.2, 0.25) is 10.0 Å². The molecule has 0 aliphatic carbocycles. The zero-order valence-corrected chi connectivity index (χ0v) is 12.4. The van der Waals surface area contributed by atoms with Crippen molar-refractivity contribution < 1.29 is 21.6 Å². The van der Waals surface area contributed by atoms with E-state index in [1.54, 1.807) is 0 Å². The zero-order valence-electron chi connectivity index (χ0n) is 10.8. The molecule has 0 atom stereocenters. The molecule has 0 aromatic heterocycles. The molecule has 4 nitrogen and oxygen atoms in total. The van der Waals surface area contributed by atoms with Crippen LogP contribution in [0.3, 0.4) is 0 Å². The van der Waals surface area contributed by atoms with Crippen LogP contribution in [0.2, 0.25) is 0 Å². The molecule has 2 N–H and O–H groups in total. The highest BCUT2D eigenvalue weighted by atomic mass is 35.5. The first-order valence-corrected chi connectivity index (χ1v) is 7.21. The summed E-state index contributed by atoms with van der Waals surface area (Å²) in [5, 5.41) is 2.96. The molecule has 0 amide bonds. The van der Waals surface area contributed by atoms with Gasteiger partial charge in [-0.15, -0.1) is 12.4 Å². The van der Waals surface area contributed by atoms with Gasteiger partial charge < -0.3 is 5.32 Å². The lowest BCUT2D eigenvalue weighted by Gasteiger charge is -2.08. The predicted octanol–water partition coefficient (Wildman–Crippen LogP) is 1.80. The summed E-state index contributed by atoms with van der Waals surface area (Å²) in [6, 6.07) is 0.889. The van der Waals surface area contributed by atoms with Crippen LogP contribution in [-0.4, -0.2) is 28.1 Å². The van der Waals surface area contributed by atoms with Crippen LogP contribution in [0.4, 0.5) is 13.2 Å². The van der Waals surface area contributed by atoms with Crippen LogP contribution in [0.25, 0.3) is 0 Å². The first-order chi connectivity index (χ1) is 8.88. The van der Waals surface area contributed by atoms with E-state index in [1.165, 1.54) is 0 Å². The summed E-state index contributed by atoms with van der Waals surface area (Å²) in [6.07, 6.45) is 0.904. The minimum Gasteiger partial charge on any atom is -0.315 e. The molecule has 0 radical (unpaired) electrons. The van der Waals surface area contributed by atoms with Gasteiger partial charge in [-0.1, -0.05) is 6.92 Å². The predicted molar refractivity (Wildman–Crippen MR) is 71.9 cm³/mol. The topological polar surface area (TPSA) is 58.2 Å². The van der Waals surface area contributed by atoms with Crippen molar-refractivity contribution in [1.82, 2.24) is 10.0 Å². The molecule has 0 saturated carbocycles. The van der Waals surface area contributed by atoms with Gasteiger partial charge in [0.25, 0.3) is 0 Å². The Kier molecular flexibility index (Phi) is 8.10. The smallest absolute Gasteiger partial charge is 0.240 e. The Labute approximate surface area is 122 Å². The van der Waals surface area contributed by atoms with Gasteiger partial charge in [-0.05, 0) is 25.1 Å². The first-order valence-electron chi connectivity index (χ1n) is 5.73. The monoisotopic (exact) mass is 332 g/mol. The van der Waals surface area contributed by atoms with Crippen molar-refractivity contribution in [3.05, 3.63) is 29.6 Å². The molecule has 1 rings (SSSR count). The fourth-order valence-corrected chi connectivity index (χ4v) is 2.40. The SMILES string of the molecule is CCCNCCNS(=O)(=O)c1cc(F)c(F)c(F)c1.Cl. The van der Waals surface area contributed by atoms with Crippen molar-refractivity contribution >= 4 is 22.4 Å². The van der Waals surface area contributed by atoms with Crippen molar-refractivity contribution in [2.45, 2.75) is 18.2 Å². The fraction of sp³-hybridized carbons (Fsp3) is 0.455. The van der Waals surface area contributed by atoms with Crippen molar-refractivity contribution in [2.75, 3.05) is 19.6 Å². The Hall–Kier alpha value is -0.830. The van der Waals surface area contributed by atoms with Gasteiger partial charge in [0, 0.05) is 13.1 Å². The summed E-state index contributed by atoms with van der Waals surface area (Å²) in [5.41, 5.74) is 0. The number of sulfonamides is 1. The van der Waals surface area contributed by atoms with Crippen LogP contribution in [0.1, 0.15) is 13.3 Å². The van der Waals surface area contributed by atoms with Crippen LogP contribution >= 0.6 is 12.4 Å². The van der Waals surface area contributed by atoms with Crippen LogP contribution in [0.5, 0.6) is 0 Å². The maximum Gasteiger partial charge on any atom is 0.240 e. The summed E-state index contributed by atoms with van der Waals surface area (Å²) in [6.45, 7) is 3.16. The number of benzene rings is 1. The van der Waals surface area contributed by atoms with Crippen LogP contribution in [0.15, 0.2) is 17.0 Å². The van der Waals surface area contributed by atoms with E-state index in [1.807, 2.05) is 6.92 Å². The number of hydrogen-bond acceptors (Lipinski definition) is 3. The van der Waals surface area contributed by atoms with Gasteiger partial charge in [0.15, 0.2) is 17.5 Å². The van der Waals surface area contributed by atoms with Gasteiger partial charge in [-0.3, -0.25) is 0 Å². The number of hydrogen-bond donors (Lipinski definition) is 2. The molecule has 0 bridgehead atoms. The molecule has 0 unspecified atom stereocenters. The second-order valence-electron chi connectivity index (χ2n) is 3.85.